The first-order chi connectivity index (χ1) is 22.0. The Morgan fingerprint density at radius 3 is 2.28 bits per heavy atom. The van der Waals surface area contributed by atoms with E-state index in [0.29, 0.717) is 24.7 Å². The highest BCUT2D eigenvalue weighted by molar-refractivity contribution is 6.04. The van der Waals surface area contributed by atoms with Crippen molar-refractivity contribution in [3.8, 4) is 0 Å². The van der Waals surface area contributed by atoms with Crippen LogP contribution in [0.3, 0.4) is 0 Å². The Hall–Kier alpha value is -1.63. The molecule has 0 aromatic heterocycles. The zero-order valence-electron chi connectivity index (χ0n) is 30.7. The molecule has 0 unspecified atom stereocenters. The molecule has 0 spiro atoms. The molecule has 11 heteroatoms. The number of likely N-dealkylation sites (N-methyl/N-ethyl adjacent to an activating group) is 2. The number of piperidine rings is 1. The van der Waals surface area contributed by atoms with E-state index >= 15 is 0 Å². The number of Topliss-reactive ketones (excluding diaryl/α,β-unsaturated/α-hetero) is 1. The van der Waals surface area contributed by atoms with E-state index in [1.807, 2.05) is 37.7 Å². The molecule has 0 aromatic carbocycles. The van der Waals surface area contributed by atoms with Crippen LogP contribution < -0.4 is 0 Å². The number of esters is 1. The Labute approximate surface area is 283 Å². The quantitative estimate of drug-likeness (QED) is 0.321. The van der Waals surface area contributed by atoms with E-state index in [4.69, 9.17) is 18.9 Å². The molecule has 1 amide bonds. The van der Waals surface area contributed by atoms with Crippen LogP contribution >= 0.6 is 0 Å². The van der Waals surface area contributed by atoms with Gasteiger partial charge in [0, 0.05) is 50.7 Å². The highest BCUT2D eigenvalue weighted by atomic mass is 16.7. The van der Waals surface area contributed by atoms with Crippen molar-refractivity contribution in [2.45, 2.75) is 129 Å². The predicted octanol–water partition coefficient (Wildman–Crippen LogP) is 3.36. The smallest absolute Gasteiger partial charge is 0.319 e. The fourth-order valence-corrected chi connectivity index (χ4v) is 8.20. The van der Waals surface area contributed by atoms with Crippen LogP contribution in [0.15, 0.2) is 0 Å². The molecule has 1 saturated carbocycles. The maximum absolute atomic E-state index is 14.2. The van der Waals surface area contributed by atoms with Crippen LogP contribution in [-0.2, 0) is 33.3 Å². The number of ether oxygens (including phenoxy) is 4. The number of ketones is 1. The van der Waals surface area contributed by atoms with Crippen LogP contribution in [0.1, 0.15) is 86.5 Å². The number of carbonyl (C=O) groups is 3. The lowest BCUT2D eigenvalue weighted by molar-refractivity contribution is -0.295. The molecule has 11 nitrogen and oxygen atoms in total. The van der Waals surface area contributed by atoms with E-state index in [0.717, 1.165) is 51.7 Å². The van der Waals surface area contributed by atoms with Crippen LogP contribution in [0.4, 0.5) is 0 Å². The second-order valence-corrected chi connectivity index (χ2v) is 16.2. The molecule has 4 aliphatic rings. The minimum absolute atomic E-state index is 0.0303. The fraction of sp³-hybridized carbons (Fsp3) is 0.917. The first-order valence-corrected chi connectivity index (χ1v) is 17.9. The molecular formula is C36H63N3O8. The summed E-state index contributed by atoms with van der Waals surface area (Å²) in [4.78, 5) is 46.8. The molecule has 3 aliphatic heterocycles. The Balaban J connectivity index is 1.56. The summed E-state index contributed by atoms with van der Waals surface area (Å²) in [6.45, 7) is 13.6. The van der Waals surface area contributed by atoms with Gasteiger partial charge in [-0.1, -0.05) is 13.8 Å². The molecule has 3 saturated heterocycles. The number of likely N-dealkylation sites (tertiary alicyclic amines) is 1. The normalized spacial score (nSPS) is 38.8. The third-order valence-corrected chi connectivity index (χ3v) is 11.5. The lowest BCUT2D eigenvalue weighted by atomic mass is 9.74. The van der Waals surface area contributed by atoms with Gasteiger partial charge in [0.1, 0.15) is 18.1 Å². The highest BCUT2D eigenvalue weighted by Crippen LogP contribution is 2.39. The Bertz CT molecular complexity index is 1090. The molecule has 0 bridgehead atoms. The van der Waals surface area contributed by atoms with E-state index in [-0.39, 0.29) is 42.4 Å². The van der Waals surface area contributed by atoms with Gasteiger partial charge in [-0.25, -0.2) is 0 Å². The Kier molecular flexibility index (Phi) is 12.6. The maximum Gasteiger partial charge on any atom is 0.319 e. The number of methoxy groups -OCH3 is 1. The number of cyclic esters (lactones) is 1. The van der Waals surface area contributed by atoms with Gasteiger partial charge in [-0.05, 0) is 106 Å². The second-order valence-electron chi connectivity index (χ2n) is 16.2. The van der Waals surface area contributed by atoms with E-state index < -0.39 is 41.4 Å². The standard InChI is InChI=1S/C36H63N3O8/c1-22-19-36(6,44-10)31(47-33-29(40)28(37(7)8)17-23(2)46-33)24(3)30(41)35(4,5)34(43)45-21-27(38(9)20-22)18-25-13-15-39(16-14-25)32(42)26-11-12-26/h22-29,31,33,40H,11-21H2,1-10H3/t22-,23-,24+,27+,28+,29-,31-,33+,36-/m1/s1. The zero-order valence-corrected chi connectivity index (χ0v) is 30.7. The zero-order chi connectivity index (χ0) is 34.8. The van der Waals surface area contributed by atoms with Crippen LogP contribution in [0.25, 0.3) is 0 Å². The fourth-order valence-electron chi connectivity index (χ4n) is 8.20. The minimum atomic E-state index is -1.43. The van der Waals surface area contributed by atoms with E-state index in [1.54, 1.807) is 27.9 Å². The van der Waals surface area contributed by atoms with Gasteiger partial charge in [0.2, 0.25) is 5.91 Å². The SMILES string of the molecule is CO[C@]1(C)C[C@@H](C)CN(C)[C@@H](CC2CCN(C(=O)C3CC3)CC2)COC(=O)C(C)(C)C(=O)[C@H](C)[C@H]1O[C@@H]1O[C@H](C)C[C@H](N(C)C)[C@H]1O. The first-order valence-electron chi connectivity index (χ1n) is 17.9. The van der Waals surface area contributed by atoms with Gasteiger partial charge >= 0.3 is 5.97 Å². The molecule has 0 aromatic rings. The van der Waals surface area contributed by atoms with Gasteiger partial charge in [-0.15, -0.1) is 0 Å². The summed E-state index contributed by atoms with van der Waals surface area (Å²) in [6.07, 6.45) is 3.12. The molecule has 270 valence electrons. The number of amides is 1. The van der Waals surface area contributed by atoms with Crippen molar-refractivity contribution in [2.24, 2.45) is 29.1 Å². The first kappa shape index (κ1) is 38.2. The van der Waals surface area contributed by atoms with Crippen LogP contribution in [0, 0.1) is 29.1 Å². The summed E-state index contributed by atoms with van der Waals surface area (Å²) >= 11 is 0. The van der Waals surface area contributed by atoms with Crippen molar-refractivity contribution in [1.82, 2.24) is 14.7 Å². The van der Waals surface area contributed by atoms with Crippen molar-refractivity contribution in [1.29, 1.82) is 0 Å². The number of carbonyl (C=O) groups excluding carboxylic acids is 3. The largest absolute Gasteiger partial charge is 0.463 e. The summed E-state index contributed by atoms with van der Waals surface area (Å²) in [5.41, 5.74) is -2.37. The number of aliphatic hydroxyl groups excluding tert-OH is 1. The molecule has 47 heavy (non-hydrogen) atoms. The van der Waals surface area contributed by atoms with Crippen LogP contribution in [-0.4, -0.2) is 134 Å². The third-order valence-electron chi connectivity index (χ3n) is 11.5. The monoisotopic (exact) mass is 665 g/mol. The van der Waals surface area contributed by atoms with Crippen LogP contribution in [0.5, 0.6) is 0 Å². The van der Waals surface area contributed by atoms with Gasteiger partial charge in [-0.2, -0.15) is 0 Å². The molecule has 4 fully saturated rings. The summed E-state index contributed by atoms with van der Waals surface area (Å²) in [5, 5.41) is 11.3. The topological polar surface area (TPSA) is 118 Å². The highest BCUT2D eigenvalue weighted by Gasteiger charge is 2.51. The lowest BCUT2D eigenvalue weighted by Crippen LogP contribution is -2.59. The molecule has 9 atom stereocenters. The summed E-state index contributed by atoms with van der Waals surface area (Å²) in [6, 6.07) is -0.211. The van der Waals surface area contributed by atoms with Gasteiger partial charge in [0.15, 0.2) is 12.1 Å². The van der Waals surface area contributed by atoms with Crippen molar-refractivity contribution >= 4 is 17.7 Å². The summed E-state index contributed by atoms with van der Waals surface area (Å²) in [7, 11) is 7.55. The van der Waals surface area contributed by atoms with Gasteiger partial charge in [0.25, 0.3) is 0 Å². The van der Waals surface area contributed by atoms with Crippen molar-refractivity contribution < 1.29 is 38.4 Å². The molecule has 1 N–H and O–H groups in total. The molecule has 1 aliphatic carbocycles. The lowest BCUT2D eigenvalue weighted by Gasteiger charge is -2.47. The number of nitrogens with zero attached hydrogens (tertiary/aromatic N) is 3. The molecule has 4 rings (SSSR count). The summed E-state index contributed by atoms with van der Waals surface area (Å²) in [5.74, 6) is -0.522. The predicted molar refractivity (Wildman–Crippen MR) is 178 cm³/mol. The summed E-state index contributed by atoms with van der Waals surface area (Å²) < 4.78 is 25.0. The Morgan fingerprint density at radius 2 is 1.70 bits per heavy atom. The number of hydrogen-bond acceptors (Lipinski definition) is 10. The molecule has 0 radical (unpaired) electrons. The van der Waals surface area contributed by atoms with E-state index in [9.17, 15) is 19.5 Å². The van der Waals surface area contributed by atoms with Crippen molar-refractivity contribution in [2.75, 3.05) is 54.5 Å². The van der Waals surface area contributed by atoms with E-state index in [1.165, 1.54) is 0 Å². The van der Waals surface area contributed by atoms with Gasteiger partial charge in [0.05, 0.1) is 17.8 Å². The molecule has 3 heterocycles. The van der Waals surface area contributed by atoms with Crippen molar-refractivity contribution in [3.63, 3.8) is 0 Å². The number of hydrogen-bond donors (Lipinski definition) is 1. The number of aliphatic hydroxyl groups is 1. The van der Waals surface area contributed by atoms with E-state index in [2.05, 4.69) is 18.9 Å². The van der Waals surface area contributed by atoms with Crippen LogP contribution in [0.2, 0.25) is 0 Å². The third kappa shape index (κ3) is 8.94. The number of rotatable bonds is 7. The van der Waals surface area contributed by atoms with Gasteiger partial charge < -0.3 is 33.9 Å². The second kappa shape index (κ2) is 15.5. The minimum Gasteiger partial charge on any atom is -0.463 e. The van der Waals surface area contributed by atoms with Gasteiger partial charge in [-0.3, -0.25) is 19.3 Å². The Morgan fingerprint density at radius 1 is 1.06 bits per heavy atom. The van der Waals surface area contributed by atoms with Crippen molar-refractivity contribution in [3.05, 3.63) is 0 Å². The maximum atomic E-state index is 14.2. The molecular weight excluding hydrogens is 602 g/mol. The average molecular weight is 666 g/mol. The average Bonchev–Trinajstić information content (AvgIpc) is 3.87.